The van der Waals surface area contributed by atoms with Crippen LogP contribution in [0.25, 0.3) is 16.3 Å². The molecule has 0 atom stereocenters. The van der Waals surface area contributed by atoms with Gasteiger partial charge in [-0.15, -0.1) is 11.3 Å². The Kier molecular flexibility index (Phi) is 4.89. The first-order chi connectivity index (χ1) is 16.3. The number of thiophene rings is 1. The number of nitrogens with zero attached hydrogens (tertiary/aromatic N) is 3. The average Bonchev–Trinajstić information content (AvgIpc) is 3.52. The lowest BCUT2D eigenvalue weighted by molar-refractivity contribution is 0.0999. The van der Waals surface area contributed by atoms with Crippen molar-refractivity contribution in [2.24, 2.45) is 0 Å². The molecule has 0 bridgehead atoms. The molecule has 0 fully saturated rings. The van der Waals surface area contributed by atoms with Gasteiger partial charge in [0.15, 0.2) is 0 Å². The fourth-order valence-electron chi connectivity index (χ4n) is 4.46. The summed E-state index contributed by atoms with van der Waals surface area (Å²) in [6.45, 7) is 0. The molecule has 6 rings (SSSR count). The molecule has 0 aliphatic carbocycles. The van der Waals surface area contributed by atoms with Gasteiger partial charge in [0.25, 0.3) is 5.91 Å². The fraction of sp³-hybridized carbons (Fsp3) is 0.0714. The van der Waals surface area contributed by atoms with Crippen molar-refractivity contribution in [3.63, 3.8) is 0 Å². The molecule has 0 saturated heterocycles. The summed E-state index contributed by atoms with van der Waals surface area (Å²) in [6.07, 6.45) is 3.67. The lowest BCUT2D eigenvalue weighted by atomic mass is 10.0. The highest BCUT2D eigenvalue weighted by Gasteiger charge is 2.30. The van der Waals surface area contributed by atoms with E-state index in [1.165, 1.54) is 11.1 Å². The van der Waals surface area contributed by atoms with E-state index in [-0.39, 0.29) is 5.91 Å². The van der Waals surface area contributed by atoms with Crippen LogP contribution in [0.5, 0.6) is 0 Å². The van der Waals surface area contributed by atoms with E-state index >= 15 is 0 Å². The second-order valence-electron chi connectivity index (χ2n) is 8.05. The molecule has 160 valence electrons. The number of carbonyl (C=O) groups is 1. The molecule has 0 radical (unpaired) electrons. The van der Waals surface area contributed by atoms with Crippen LogP contribution in [0.3, 0.4) is 0 Å². The summed E-state index contributed by atoms with van der Waals surface area (Å²) < 4.78 is 1.80. The number of rotatable bonds is 3. The van der Waals surface area contributed by atoms with E-state index in [0.717, 1.165) is 34.8 Å². The number of aryl methyl sites for hydroxylation is 2. The average molecular weight is 448 g/mol. The minimum Gasteiger partial charge on any atom is -0.276 e. The van der Waals surface area contributed by atoms with Crippen molar-refractivity contribution in [2.75, 3.05) is 4.90 Å². The second kappa shape index (κ2) is 8.19. The first kappa shape index (κ1) is 19.7. The zero-order valence-corrected chi connectivity index (χ0v) is 18.7. The number of anilines is 2. The van der Waals surface area contributed by atoms with Crippen molar-refractivity contribution < 1.29 is 4.79 Å². The van der Waals surface area contributed by atoms with E-state index in [9.17, 15) is 4.79 Å². The maximum atomic E-state index is 14.3. The smallest absolute Gasteiger partial charge is 0.266 e. The molecule has 2 aromatic heterocycles. The van der Waals surface area contributed by atoms with E-state index in [0.29, 0.717) is 11.3 Å². The topological polar surface area (TPSA) is 38.1 Å². The van der Waals surface area contributed by atoms with Gasteiger partial charge in [-0.3, -0.25) is 9.69 Å². The van der Waals surface area contributed by atoms with Gasteiger partial charge in [-0.25, -0.2) is 4.68 Å². The van der Waals surface area contributed by atoms with Crippen molar-refractivity contribution in [3.05, 3.63) is 119 Å². The molecule has 0 spiro atoms. The molecule has 0 N–H and O–H groups in total. The fourth-order valence-corrected chi connectivity index (χ4v) is 5.18. The number of para-hydroxylation sites is 3. The zero-order valence-electron chi connectivity index (χ0n) is 17.9. The van der Waals surface area contributed by atoms with Crippen molar-refractivity contribution in [3.8, 4) is 16.3 Å². The zero-order chi connectivity index (χ0) is 22.2. The molecular weight excluding hydrogens is 426 g/mol. The van der Waals surface area contributed by atoms with Gasteiger partial charge in [-0.1, -0.05) is 60.7 Å². The van der Waals surface area contributed by atoms with Crippen LogP contribution in [-0.4, -0.2) is 15.7 Å². The van der Waals surface area contributed by atoms with Gasteiger partial charge in [-0.05, 0) is 59.7 Å². The molecule has 5 aromatic rings. The summed E-state index contributed by atoms with van der Waals surface area (Å²) >= 11 is 1.59. The maximum absolute atomic E-state index is 14.3. The minimum absolute atomic E-state index is 0.0672. The van der Waals surface area contributed by atoms with Gasteiger partial charge in [0.1, 0.15) is 5.69 Å². The van der Waals surface area contributed by atoms with Crippen LogP contribution in [0.2, 0.25) is 0 Å². The van der Waals surface area contributed by atoms with Crippen LogP contribution in [0.1, 0.15) is 21.5 Å². The van der Waals surface area contributed by atoms with Crippen molar-refractivity contribution in [1.82, 2.24) is 9.78 Å². The monoisotopic (exact) mass is 447 g/mol. The number of benzene rings is 3. The standard InChI is InChI=1S/C28H21N3OS/c32-28(31-24-13-6-4-9-20(24)16-17-21-10-5-7-14-25(21)31)23-19-30(22-11-2-1-3-12-22)29-27(23)26-15-8-18-33-26/h1-15,18-19H,16-17H2. The Hall–Kier alpha value is -3.96. The van der Waals surface area contributed by atoms with E-state index < -0.39 is 0 Å². The largest absolute Gasteiger partial charge is 0.276 e. The van der Waals surface area contributed by atoms with Gasteiger partial charge in [0.05, 0.1) is 27.5 Å². The highest BCUT2D eigenvalue weighted by atomic mass is 32.1. The molecular formula is C28H21N3OS. The maximum Gasteiger partial charge on any atom is 0.266 e. The summed E-state index contributed by atoms with van der Waals surface area (Å²) in [7, 11) is 0. The van der Waals surface area contributed by atoms with Gasteiger partial charge in [0.2, 0.25) is 0 Å². The molecule has 1 aliphatic heterocycles. The SMILES string of the molecule is O=C(c1cn(-c2ccccc2)nc1-c1cccs1)N1c2ccccc2CCc2ccccc21. The van der Waals surface area contributed by atoms with Crippen molar-refractivity contribution >= 4 is 28.6 Å². The molecule has 1 amide bonds. The van der Waals surface area contributed by atoms with Crippen LogP contribution < -0.4 is 4.90 Å². The predicted molar refractivity (Wildman–Crippen MR) is 134 cm³/mol. The number of hydrogen-bond acceptors (Lipinski definition) is 3. The first-order valence-corrected chi connectivity index (χ1v) is 11.9. The lowest BCUT2D eigenvalue weighted by Crippen LogP contribution is -2.27. The highest BCUT2D eigenvalue weighted by molar-refractivity contribution is 7.13. The Morgan fingerprint density at radius 1 is 0.758 bits per heavy atom. The van der Waals surface area contributed by atoms with Crippen LogP contribution in [0, 0.1) is 0 Å². The van der Waals surface area contributed by atoms with Crippen LogP contribution in [-0.2, 0) is 12.8 Å². The third-order valence-corrected chi connectivity index (χ3v) is 6.93. The molecule has 3 heterocycles. The van der Waals surface area contributed by atoms with E-state index in [1.54, 1.807) is 16.0 Å². The van der Waals surface area contributed by atoms with Gasteiger partial charge < -0.3 is 0 Å². The minimum atomic E-state index is -0.0672. The summed E-state index contributed by atoms with van der Waals surface area (Å²) in [4.78, 5) is 17.2. The molecule has 4 nitrogen and oxygen atoms in total. The molecule has 33 heavy (non-hydrogen) atoms. The molecule has 3 aromatic carbocycles. The number of hydrogen-bond donors (Lipinski definition) is 0. The Balaban J connectivity index is 1.55. The Morgan fingerprint density at radius 3 is 2.03 bits per heavy atom. The Bertz CT molecular complexity index is 1390. The summed E-state index contributed by atoms with van der Waals surface area (Å²) in [6, 6.07) is 30.3. The highest BCUT2D eigenvalue weighted by Crippen LogP contribution is 2.38. The molecule has 0 saturated carbocycles. The number of fused-ring (bicyclic) bond motifs is 2. The Labute approximate surface area is 196 Å². The summed E-state index contributed by atoms with van der Waals surface area (Å²) in [5.41, 5.74) is 6.45. The van der Waals surface area contributed by atoms with Gasteiger partial charge in [0, 0.05) is 6.20 Å². The summed E-state index contributed by atoms with van der Waals surface area (Å²) in [5.74, 6) is -0.0672. The van der Waals surface area contributed by atoms with E-state index in [4.69, 9.17) is 5.10 Å². The normalized spacial score (nSPS) is 12.7. The van der Waals surface area contributed by atoms with E-state index in [2.05, 4.69) is 12.1 Å². The van der Waals surface area contributed by atoms with Crippen LogP contribution in [0.15, 0.2) is 103 Å². The number of carbonyl (C=O) groups excluding carboxylic acids is 1. The quantitative estimate of drug-likeness (QED) is 0.309. The lowest BCUT2D eigenvalue weighted by Gasteiger charge is -2.25. The third-order valence-electron chi connectivity index (χ3n) is 6.05. The van der Waals surface area contributed by atoms with Crippen LogP contribution >= 0.6 is 11.3 Å². The van der Waals surface area contributed by atoms with Crippen molar-refractivity contribution in [2.45, 2.75) is 12.8 Å². The van der Waals surface area contributed by atoms with Crippen LogP contribution in [0.4, 0.5) is 11.4 Å². The first-order valence-electron chi connectivity index (χ1n) is 11.0. The Morgan fingerprint density at radius 2 is 1.39 bits per heavy atom. The van der Waals surface area contributed by atoms with Gasteiger partial charge >= 0.3 is 0 Å². The molecule has 5 heteroatoms. The molecule has 1 aliphatic rings. The van der Waals surface area contributed by atoms with Crippen molar-refractivity contribution in [1.29, 1.82) is 0 Å². The molecule has 0 unspecified atom stereocenters. The predicted octanol–water partition coefficient (Wildman–Crippen LogP) is 6.68. The summed E-state index contributed by atoms with van der Waals surface area (Å²) in [5, 5.41) is 6.87. The number of aromatic nitrogens is 2. The van der Waals surface area contributed by atoms with E-state index in [1.807, 2.05) is 95.3 Å². The number of amides is 1. The second-order valence-corrected chi connectivity index (χ2v) is 8.99. The third kappa shape index (κ3) is 3.47. The van der Waals surface area contributed by atoms with Gasteiger partial charge in [-0.2, -0.15) is 5.10 Å².